The molecule has 1 aromatic heterocycles. The third-order valence-electron chi connectivity index (χ3n) is 1.82. The van der Waals surface area contributed by atoms with Gasteiger partial charge in [-0.15, -0.1) is 0 Å². The minimum Gasteiger partial charge on any atom is -0.399 e. The second-order valence-electron chi connectivity index (χ2n) is 2.73. The smallest absolute Gasteiger partial charge is 0.0320 e. The van der Waals surface area contributed by atoms with Gasteiger partial charge in [-0.25, -0.2) is 0 Å². The molecule has 0 aliphatic heterocycles. The van der Waals surface area contributed by atoms with Crippen molar-refractivity contribution in [1.82, 2.24) is 4.98 Å². The maximum absolute atomic E-state index is 5.65. The molecule has 0 spiro atoms. The lowest BCUT2D eigenvalue weighted by Gasteiger charge is -1.97. The molecule has 0 bridgehead atoms. The summed E-state index contributed by atoms with van der Waals surface area (Å²) in [4.78, 5) is 3.01. The highest BCUT2D eigenvalue weighted by molar-refractivity contribution is 5.66. The molecule has 0 amide bonds. The van der Waals surface area contributed by atoms with E-state index in [9.17, 15) is 0 Å². The highest BCUT2D eigenvalue weighted by Crippen LogP contribution is 2.20. The lowest BCUT2D eigenvalue weighted by molar-refractivity contribution is 1.41. The Morgan fingerprint density at radius 2 is 2.00 bits per heavy atom. The highest BCUT2D eigenvalue weighted by Gasteiger charge is 1.96. The van der Waals surface area contributed by atoms with Crippen molar-refractivity contribution >= 4 is 5.69 Å². The van der Waals surface area contributed by atoms with Crippen molar-refractivity contribution < 1.29 is 0 Å². The van der Waals surface area contributed by atoms with E-state index in [0.29, 0.717) is 0 Å². The first-order valence-corrected chi connectivity index (χ1v) is 3.85. The van der Waals surface area contributed by atoms with E-state index in [1.165, 1.54) is 5.56 Å². The van der Waals surface area contributed by atoms with E-state index >= 15 is 0 Å². The summed E-state index contributed by atoms with van der Waals surface area (Å²) in [6.07, 6.45) is 3.85. The number of aromatic amines is 1. The molecule has 12 heavy (non-hydrogen) atoms. The maximum atomic E-state index is 5.65. The third-order valence-corrected chi connectivity index (χ3v) is 1.82. The van der Waals surface area contributed by atoms with E-state index in [0.717, 1.165) is 11.3 Å². The van der Waals surface area contributed by atoms with Crippen molar-refractivity contribution in [3.05, 3.63) is 42.7 Å². The molecule has 0 aliphatic rings. The van der Waals surface area contributed by atoms with Gasteiger partial charge >= 0.3 is 0 Å². The van der Waals surface area contributed by atoms with Gasteiger partial charge in [0.1, 0.15) is 0 Å². The Kier molecular flexibility index (Phi) is 1.59. The van der Waals surface area contributed by atoms with Crippen LogP contribution in [0, 0.1) is 0 Å². The zero-order valence-electron chi connectivity index (χ0n) is 6.62. The Morgan fingerprint density at radius 3 is 2.67 bits per heavy atom. The highest BCUT2D eigenvalue weighted by atomic mass is 14.6. The van der Waals surface area contributed by atoms with Gasteiger partial charge in [-0.1, -0.05) is 12.1 Å². The second kappa shape index (κ2) is 2.74. The summed E-state index contributed by atoms with van der Waals surface area (Å²) in [6.45, 7) is 0. The van der Waals surface area contributed by atoms with E-state index in [2.05, 4.69) is 4.98 Å². The van der Waals surface area contributed by atoms with Gasteiger partial charge in [0.05, 0.1) is 0 Å². The van der Waals surface area contributed by atoms with Gasteiger partial charge in [-0.05, 0) is 29.3 Å². The molecule has 2 rings (SSSR count). The maximum Gasteiger partial charge on any atom is 0.0320 e. The minimum absolute atomic E-state index is 0.800. The zero-order valence-corrected chi connectivity index (χ0v) is 6.62. The number of aromatic nitrogens is 1. The first kappa shape index (κ1) is 6.98. The molecule has 60 valence electrons. The minimum atomic E-state index is 0.800. The van der Waals surface area contributed by atoms with Gasteiger partial charge in [0.2, 0.25) is 0 Å². The predicted molar refractivity (Wildman–Crippen MR) is 50.6 cm³/mol. The lowest BCUT2D eigenvalue weighted by Crippen LogP contribution is -1.83. The number of H-pyrrole nitrogens is 1. The summed E-state index contributed by atoms with van der Waals surface area (Å²) in [7, 11) is 0. The molecule has 0 saturated heterocycles. The standard InChI is InChI=1S/C10H10N2/c11-10-3-1-2-8(6-10)9-4-5-12-7-9/h1-7,12H,11H2. The van der Waals surface area contributed by atoms with Gasteiger partial charge in [-0.2, -0.15) is 0 Å². The average molecular weight is 158 g/mol. The van der Waals surface area contributed by atoms with E-state index < -0.39 is 0 Å². The molecule has 0 aliphatic carbocycles. The average Bonchev–Trinajstić information content (AvgIpc) is 2.56. The number of hydrogen-bond acceptors (Lipinski definition) is 1. The summed E-state index contributed by atoms with van der Waals surface area (Å²) in [5.41, 5.74) is 8.77. The molecule has 2 nitrogen and oxygen atoms in total. The number of hydrogen-bond donors (Lipinski definition) is 2. The Bertz CT molecular complexity index is 363. The largest absolute Gasteiger partial charge is 0.399 e. The van der Waals surface area contributed by atoms with Gasteiger partial charge < -0.3 is 10.7 Å². The SMILES string of the molecule is Nc1cccc(-c2cc[nH]c2)c1. The monoisotopic (exact) mass is 158 g/mol. The van der Waals surface area contributed by atoms with Crippen molar-refractivity contribution in [2.24, 2.45) is 0 Å². The number of nitrogen functional groups attached to an aromatic ring is 1. The van der Waals surface area contributed by atoms with Crippen molar-refractivity contribution in [2.45, 2.75) is 0 Å². The zero-order chi connectivity index (χ0) is 8.39. The molecule has 3 N–H and O–H groups in total. The molecule has 0 saturated carbocycles. The van der Waals surface area contributed by atoms with Crippen LogP contribution < -0.4 is 5.73 Å². The number of nitrogens with one attached hydrogen (secondary N) is 1. The molecule has 0 unspecified atom stereocenters. The first-order chi connectivity index (χ1) is 5.86. The fourth-order valence-corrected chi connectivity index (χ4v) is 1.22. The summed E-state index contributed by atoms with van der Waals surface area (Å²) >= 11 is 0. The molecular weight excluding hydrogens is 148 g/mol. The van der Waals surface area contributed by atoms with Crippen LogP contribution in [0.25, 0.3) is 11.1 Å². The molecule has 2 heteroatoms. The summed E-state index contributed by atoms with van der Waals surface area (Å²) in [5.74, 6) is 0. The van der Waals surface area contributed by atoms with Crippen molar-refractivity contribution in [3.8, 4) is 11.1 Å². The quantitative estimate of drug-likeness (QED) is 0.614. The fourth-order valence-electron chi connectivity index (χ4n) is 1.22. The Labute approximate surface area is 71.0 Å². The van der Waals surface area contributed by atoms with Crippen LogP contribution >= 0.6 is 0 Å². The molecule has 0 fully saturated rings. The van der Waals surface area contributed by atoms with Gasteiger partial charge in [0.25, 0.3) is 0 Å². The van der Waals surface area contributed by atoms with Crippen LogP contribution in [-0.2, 0) is 0 Å². The number of benzene rings is 1. The second-order valence-corrected chi connectivity index (χ2v) is 2.73. The number of anilines is 1. The molecule has 1 heterocycles. The Morgan fingerprint density at radius 1 is 1.08 bits per heavy atom. The topological polar surface area (TPSA) is 41.8 Å². The van der Waals surface area contributed by atoms with Gasteiger partial charge in [0.15, 0.2) is 0 Å². The van der Waals surface area contributed by atoms with Crippen LogP contribution in [0.5, 0.6) is 0 Å². The van der Waals surface area contributed by atoms with Crippen molar-refractivity contribution in [1.29, 1.82) is 0 Å². The predicted octanol–water partition coefficient (Wildman–Crippen LogP) is 2.26. The van der Waals surface area contributed by atoms with E-state index in [1.807, 2.05) is 42.7 Å². The first-order valence-electron chi connectivity index (χ1n) is 3.85. The molecule has 2 aromatic rings. The van der Waals surface area contributed by atoms with Crippen LogP contribution in [0.1, 0.15) is 0 Å². The molecule has 0 radical (unpaired) electrons. The van der Waals surface area contributed by atoms with Crippen molar-refractivity contribution in [2.75, 3.05) is 5.73 Å². The number of rotatable bonds is 1. The van der Waals surface area contributed by atoms with Crippen LogP contribution in [0.4, 0.5) is 5.69 Å². The molecule has 1 aromatic carbocycles. The summed E-state index contributed by atoms with van der Waals surface area (Å²) < 4.78 is 0. The summed E-state index contributed by atoms with van der Waals surface area (Å²) in [6, 6.07) is 9.87. The normalized spacial score (nSPS) is 10.0. The third kappa shape index (κ3) is 1.19. The van der Waals surface area contributed by atoms with Crippen LogP contribution in [0.2, 0.25) is 0 Å². The van der Waals surface area contributed by atoms with Crippen LogP contribution in [-0.4, -0.2) is 4.98 Å². The van der Waals surface area contributed by atoms with Crippen molar-refractivity contribution in [3.63, 3.8) is 0 Å². The summed E-state index contributed by atoms with van der Waals surface area (Å²) in [5, 5.41) is 0. The lowest BCUT2D eigenvalue weighted by atomic mass is 10.1. The molecule has 0 atom stereocenters. The van der Waals surface area contributed by atoms with Crippen LogP contribution in [0.3, 0.4) is 0 Å². The van der Waals surface area contributed by atoms with Gasteiger partial charge in [0, 0.05) is 18.1 Å². The molecular formula is C10H10N2. The van der Waals surface area contributed by atoms with E-state index in [-0.39, 0.29) is 0 Å². The van der Waals surface area contributed by atoms with E-state index in [1.54, 1.807) is 0 Å². The fraction of sp³-hybridized carbons (Fsp3) is 0. The Hall–Kier alpha value is -1.70. The van der Waals surface area contributed by atoms with Gasteiger partial charge in [-0.3, -0.25) is 0 Å². The number of nitrogens with two attached hydrogens (primary N) is 1. The Balaban J connectivity index is 2.48. The van der Waals surface area contributed by atoms with Crippen LogP contribution in [0.15, 0.2) is 42.7 Å². The van der Waals surface area contributed by atoms with E-state index in [4.69, 9.17) is 5.73 Å².